The van der Waals surface area contributed by atoms with Crippen LogP contribution in [0, 0.1) is 13.8 Å². The van der Waals surface area contributed by atoms with Crippen molar-refractivity contribution in [1.29, 1.82) is 0 Å². The van der Waals surface area contributed by atoms with Crippen molar-refractivity contribution in [2.45, 2.75) is 20.7 Å². The van der Waals surface area contributed by atoms with Crippen LogP contribution in [0.1, 0.15) is 11.1 Å². The molecule has 22 heavy (non-hydrogen) atoms. The standard InChI is InChI=1S/C21H21B/c1-15-8-4-6-10-20(15)17-12-18(14-19(13-17)22-3)21-11-7-5-9-16(21)2/h4-14,22H,1-3H3. The van der Waals surface area contributed by atoms with Crippen molar-refractivity contribution in [3.8, 4) is 22.3 Å². The van der Waals surface area contributed by atoms with Crippen LogP contribution in [0.15, 0.2) is 66.7 Å². The molecule has 0 aliphatic heterocycles. The van der Waals surface area contributed by atoms with Crippen LogP contribution in [0.3, 0.4) is 0 Å². The zero-order valence-electron chi connectivity index (χ0n) is 13.6. The summed E-state index contributed by atoms with van der Waals surface area (Å²) in [6.07, 6.45) is 0. The third kappa shape index (κ3) is 2.85. The van der Waals surface area contributed by atoms with E-state index >= 15 is 0 Å². The second kappa shape index (κ2) is 6.23. The predicted octanol–water partition coefficient (Wildman–Crippen LogP) is 4.75. The van der Waals surface area contributed by atoms with Crippen LogP contribution in [-0.4, -0.2) is 7.28 Å². The molecule has 0 saturated heterocycles. The molecular weight excluding hydrogens is 263 g/mol. The summed E-state index contributed by atoms with van der Waals surface area (Å²) in [5, 5.41) is 0. The van der Waals surface area contributed by atoms with E-state index in [1.807, 2.05) is 0 Å². The fraction of sp³-hybridized carbons (Fsp3) is 0.143. The number of benzene rings is 3. The lowest BCUT2D eigenvalue weighted by atomic mass is 9.71. The summed E-state index contributed by atoms with van der Waals surface area (Å²) in [7, 11) is 1.05. The van der Waals surface area contributed by atoms with Gasteiger partial charge in [-0.05, 0) is 53.3 Å². The molecule has 0 heterocycles. The van der Waals surface area contributed by atoms with Gasteiger partial charge in [0.1, 0.15) is 0 Å². The molecule has 0 aromatic heterocycles. The summed E-state index contributed by atoms with van der Waals surface area (Å²) < 4.78 is 0. The molecule has 1 heteroatoms. The molecule has 0 amide bonds. The molecule has 0 N–H and O–H groups in total. The van der Waals surface area contributed by atoms with E-state index in [0.717, 1.165) is 7.28 Å². The smallest absolute Gasteiger partial charge is 0.0849 e. The van der Waals surface area contributed by atoms with Gasteiger partial charge in [0.25, 0.3) is 0 Å². The highest BCUT2D eigenvalue weighted by Gasteiger charge is 2.08. The lowest BCUT2D eigenvalue weighted by molar-refractivity contribution is 1.44. The predicted molar refractivity (Wildman–Crippen MR) is 99.4 cm³/mol. The van der Waals surface area contributed by atoms with Crippen LogP contribution < -0.4 is 5.46 Å². The molecule has 0 saturated carbocycles. The number of rotatable bonds is 3. The molecule has 0 spiro atoms. The normalized spacial score (nSPS) is 10.5. The molecule has 0 unspecified atom stereocenters. The van der Waals surface area contributed by atoms with Gasteiger partial charge < -0.3 is 0 Å². The molecule has 0 fully saturated rings. The van der Waals surface area contributed by atoms with E-state index in [4.69, 9.17) is 0 Å². The molecule has 0 aliphatic carbocycles. The molecule has 0 bridgehead atoms. The maximum atomic E-state index is 2.32. The van der Waals surface area contributed by atoms with E-state index in [2.05, 4.69) is 87.4 Å². The second-order valence-corrected chi connectivity index (χ2v) is 5.90. The van der Waals surface area contributed by atoms with E-state index in [9.17, 15) is 0 Å². The number of aryl methyl sites for hydroxylation is 2. The van der Waals surface area contributed by atoms with Crippen molar-refractivity contribution in [2.24, 2.45) is 0 Å². The van der Waals surface area contributed by atoms with Crippen LogP contribution in [0.25, 0.3) is 22.3 Å². The second-order valence-electron chi connectivity index (χ2n) is 5.90. The minimum absolute atomic E-state index is 1.05. The van der Waals surface area contributed by atoms with Gasteiger partial charge in [0.05, 0.1) is 0 Å². The van der Waals surface area contributed by atoms with E-state index in [1.54, 1.807) is 0 Å². The summed E-state index contributed by atoms with van der Waals surface area (Å²) in [5.41, 5.74) is 9.32. The Kier molecular flexibility index (Phi) is 4.15. The molecular formula is C21H21B. The largest absolute Gasteiger partial charge is 0.154 e. The van der Waals surface area contributed by atoms with Crippen LogP contribution in [0.4, 0.5) is 0 Å². The Hall–Kier alpha value is -2.28. The van der Waals surface area contributed by atoms with E-state index in [0.29, 0.717) is 0 Å². The van der Waals surface area contributed by atoms with Gasteiger partial charge in [0.15, 0.2) is 7.28 Å². The van der Waals surface area contributed by atoms with Crippen molar-refractivity contribution in [3.05, 3.63) is 77.9 Å². The molecule has 108 valence electrons. The minimum atomic E-state index is 1.05. The average molecular weight is 284 g/mol. The lowest BCUT2D eigenvalue weighted by Crippen LogP contribution is -2.11. The number of hydrogen-bond donors (Lipinski definition) is 0. The Morgan fingerprint density at radius 2 is 1.09 bits per heavy atom. The minimum Gasteiger partial charge on any atom is -0.0849 e. The van der Waals surface area contributed by atoms with Crippen molar-refractivity contribution in [1.82, 2.24) is 0 Å². The van der Waals surface area contributed by atoms with Crippen LogP contribution in [0.2, 0.25) is 6.82 Å². The van der Waals surface area contributed by atoms with E-state index in [1.165, 1.54) is 38.8 Å². The van der Waals surface area contributed by atoms with Gasteiger partial charge in [0, 0.05) is 0 Å². The Labute approximate surface area is 134 Å². The van der Waals surface area contributed by atoms with Crippen molar-refractivity contribution in [2.75, 3.05) is 0 Å². The molecule has 3 aromatic carbocycles. The van der Waals surface area contributed by atoms with Gasteiger partial charge in [-0.3, -0.25) is 0 Å². The molecule has 0 nitrogen and oxygen atoms in total. The highest BCUT2D eigenvalue weighted by molar-refractivity contribution is 6.52. The first kappa shape index (κ1) is 14.7. The summed E-state index contributed by atoms with van der Waals surface area (Å²) in [6.45, 7) is 6.58. The monoisotopic (exact) mass is 284 g/mol. The highest BCUT2D eigenvalue weighted by atomic mass is 14.1. The third-order valence-corrected chi connectivity index (χ3v) is 4.31. The summed E-state index contributed by atoms with van der Waals surface area (Å²) >= 11 is 0. The lowest BCUT2D eigenvalue weighted by Gasteiger charge is -2.13. The third-order valence-electron chi connectivity index (χ3n) is 4.31. The fourth-order valence-electron chi connectivity index (χ4n) is 3.00. The van der Waals surface area contributed by atoms with Crippen molar-refractivity contribution in [3.63, 3.8) is 0 Å². The van der Waals surface area contributed by atoms with Crippen molar-refractivity contribution >= 4 is 12.7 Å². The van der Waals surface area contributed by atoms with E-state index < -0.39 is 0 Å². The molecule has 0 radical (unpaired) electrons. The SMILES string of the molecule is CBc1cc(-c2ccccc2C)cc(-c2ccccc2C)c1. The van der Waals surface area contributed by atoms with Crippen molar-refractivity contribution < 1.29 is 0 Å². The summed E-state index contributed by atoms with van der Waals surface area (Å²) in [4.78, 5) is 0. The Bertz CT molecular complexity index is 739. The van der Waals surface area contributed by atoms with Gasteiger partial charge in [-0.15, -0.1) is 0 Å². The maximum Gasteiger partial charge on any atom is 0.154 e. The van der Waals surface area contributed by atoms with Gasteiger partial charge in [-0.2, -0.15) is 0 Å². The Morgan fingerprint density at radius 1 is 0.636 bits per heavy atom. The quantitative estimate of drug-likeness (QED) is 0.609. The van der Waals surface area contributed by atoms with Gasteiger partial charge in [-0.1, -0.05) is 72.9 Å². The molecule has 3 aromatic rings. The summed E-state index contributed by atoms with van der Waals surface area (Å²) in [6, 6.07) is 24.2. The highest BCUT2D eigenvalue weighted by Crippen LogP contribution is 2.29. The average Bonchev–Trinajstić information content (AvgIpc) is 2.55. The zero-order valence-corrected chi connectivity index (χ0v) is 13.6. The van der Waals surface area contributed by atoms with Crippen LogP contribution >= 0.6 is 0 Å². The summed E-state index contributed by atoms with van der Waals surface area (Å²) in [5.74, 6) is 0. The molecule has 0 aliphatic rings. The number of hydrogen-bond acceptors (Lipinski definition) is 0. The van der Waals surface area contributed by atoms with Gasteiger partial charge in [0.2, 0.25) is 0 Å². The Balaban J connectivity index is 2.20. The van der Waals surface area contributed by atoms with Crippen LogP contribution in [0.5, 0.6) is 0 Å². The molecule has 3 rings (SSSR count). The van der Waals surface area contributed by atoms with Gasteiger partial charge in [-0.25, -0.2) is 0 Å². The maximum absolute atomic E-state index is 2.32. The first-order chi connectivity index (χ1) is 10.7. The zero-order chi connectivity index (χ0) is 15.5. The van der Waals surface area contributed by atoms with Gasteiger partial charge >= 0.3 is 0 Å². The Morgan fingerprint density at radius 3 is 1.50 bits per heavy atom. The topological polar surface area (TPSA) is 0 Å². The first-order valence-corrected chi connectivity index (χ1v) is 7.95. The van der Waals surface area contributed by atoms with E-state index in [-0.39, 0.29) is 0 Å². The van der Waals surface area contributed by atoms with Crippen LogP contribution in [-0.2, 0) is 0 Å². The fourth-order valence-corrected chi connectivity index (χ4v) is 3.00. The first-order valence-electron chi connectivity index (χ1n) is 7.95. The molecule has 0 atom stereocenters.